The Morgan fingerprint density at radius 2 is 1.90 bits per heavy atom. The second kappa shape index (κ2) is 7.61. The SMILES string of the molecule is CCC(CCC(=O)OCC(F)(F)S(=O)(=O)[O-])[Si](C)(C)OC. The van der Waals surface area contributed by atoms with Gasteiger partial charge >= 0.3 is 11.2 Å². The quantitative estimate of drug-likeness (QED) is 0.360. The Labute approximate surface area is 124 Å². The molecule has 6 nitrogen and oxygen atoms in total. The van der Waals surface area contributed by atoms with E-state index in [1.807, 2.05) is 20.0 Å². The first-order chi connectivity index (χ1) is 9.37. The molecule has 0 spiro atoms. The lowest BCUT2D eigenvalue weighted by molar-refractivity contribution is -0.149. The Morgan fingerprint density at radius 3 is 2.29 bits per heavy atom. The summed E-state index contributed by atoms with van der Waals surface area (Å²) in [6.45, 7) is 4.14. The Balaban J connectivity index is 4.41. The van der Waals surface area contributed by atoms with Crippen molar-refractivity contribution in [1.82, 2.24) is 0 Å². The normalized spacial score (nSPS) is 14.8. The fraction of sp³-hybridized carbons (Fsp3) is 0.909. The molecule has 0 aromatic rings. The molecule has 0 rings (SSSR count). The summed E-state index contributed by atoms with van der Waals surface area (Å²) in [6.07, 6.45) is 1.04. The van der Waals surface area contributed by atoms with Gasteiger partial charge in [0, 0.05) is 13.5 Å². The lowest BCUT2D eigenvalue weighted by Gasteiger charge is -2.29. The summed E-state index contributed by atoms with van der Waals surface area (Å²) in [5.74, 6) is -0.960. The second-order valence-corrected chi connectivity index (χ2v) is 11.1. The predicted molar refractivity (Wildman–Crippen MR) is 73.4 cm³/mol. The molecule has 0 N–H and O–H groups in total. The van der Waals surface area contributed by atoms with E-state index in [4.69, 9.17) is 4.43 Å². The Bertz CT molecular complexity index is 452. The molecule has 1 unspecified atom stereocenters. The van der Waals surface area contributed by atoms with E-state index in [2.05, 4.69) is 4.74 Å². The zero-order chi connectivity index (χ0) is 16.9. The predicted octanol–water partition coefficient (Wildman–Crippen LogP) is 2.08. The number of esters is 1. The minimum absolute atomic E-state index is 0.132. The molecular weight excluding hydrogens is 326 g/mol. The van der Waals surface area contributed by atoms with E-state index < -0.39 is 36.3 Å². The molecular formula is C11H21F2O6SSi-. The number of ether oxygens (including phenoxy) is 1. The highest BCUT2D eigenvalue weighted by atomic mass is 32.2. The first-order valence-electron chi connectivity index (χ1n) is 6.41. The lowest BCUT2D eigenvalue weighted by atomic mass is 10.2. The first kappa shape index (κ1) is 20.4. The second-order valence-electron chi connectivity index (χ2n) is 5.20. The van der Waals surface area contributed by atoms with E-state index in [0.717, 1.165) is 6.42 Å². The molecule has 10 heteroatoms. The van der Waals surface area contributed by atoms with E-state index in [-0.39, 0.29) is 12.0 Å². The number of hydrogen-bond acceptors (Lipinski definition) is 6. The third kappa shape index (κ3) is 6.37. The van der Waals surface area contributed by atoms with Gasteiger partial charge in [0.15, 0.2) is 25.0 Å². The van der Waals surface area contributed by atoms with Crippen LogP contribution < -0.4 is 0 Å². The maximum atomic E-state index is 12.8. The summed E-state index contributed by atoms with van der Waals surface area (Å²) in [6, 6.07) is 0. The largest absolute Gasteiger partial charge is 0.743 e. The molecule has 0 radical (unpaired) electrons. The van der Waals surface area contributed by atoms with Gasteiger partial charge in [0.1, 0.15) is 0 Å². The van der Waals surface area contributed by atoms with Gasteiger partial charge in [-0.25, -0.2) is 8.42 Å². The molecule has 0 fully saturated rings. The topological polar surface area (TPSA) is 92.7 Å². The molecule has 0 heterocycles. The summed E-state index contributed by atoms with van der Waals surface area (Å²) >= 11 is 0. The van der Waals surface area contributed by atoms with Crippen LogP contribution in [0.4, 0.5) is 8.78 Å². The molecule has 0 aromatic heterocycles. The molecule has 0 saturated carbocycles. The van der Waals surface area contributed by atoms with E-state index >= 15 is 0 Å². The molecule has 0 aliphatic heterocycles. The van der Waals surface area contributed by atoms with Gasteiger partial charge in [0.25, 0.3) is 0 Å². The van der Waals surface area contributed by atoms with Crippen LogP contribution in [0.5, 0.6) is 0 Å². The van der Waals surface area contributed by atoms with Crippen molar-refractivity contribution in [2.75, 3.05) is 13.7 Å². The van der Waals surface area contributed by atoms with Crippen LogP contribution in [0.2, 0.25) is 18.6 Å². The molecule has 0 saturated heterocycles. The maximum absolute atomic E-state index is 12.8. The van der Waals surface area contributed by atoms with Crippen LogP contribution in [0.15, 0.2) is 0 Å². The lowest BCUT2D eigenvalue weighted by Crippen LogP contribution is -2.36. The van der Waals surface area contributed by atoms with Crippen molar-refractivity contribution >= 4 is 24.4 Å². The van der Waals surface area contributed by atoms with E-state index in [0.29, 0.717) is 6.42 Å². The number of carbonyl (C=O) groups is 1. The van der Waals surface area contributed by atoms with Crippen LogP contribution in [0.3, 0.4) is 0 Å². The summed E-state index contributed by atoms with van der Waals surface area (Å²) < 4.78 is 65.9. The molecule has 1 atom stereocenters. The highest BCUT2D eigenvalue weighted by Gasteiger charge is 2.39. The fourth-order valence-corrected chi connectivity index (χ4v) is 4.17. The van der Waals surface area contributed by atoms with Crippen LogP contribution in [0.1, 0.15) is 26.2 Å². The highest BCUT2D eigenvalue weighted by molar-refractivity contribution is 7.86. The summed E-state index contributed by atoms with van der Waals surface area (Å²) in [7, 11) is -6.21. The van der Waals surface area contributed by atoms with Gasteiger partial charge < -0.3 is 13.7 Å². The molecule has 126 valence electrons. The van der Waals surface area contributed by atoms with Gasteiger partial charge in [0.2, 0.25) is 0 Å². The van der Waals surface area contributed by atoms with E-state index in [9.17, 15) is 26.5 Å². The number of rotatable bonds is 9. The Morgan fingerprint density at radius 1 is 1.38 bits per heavy atom. The zero-order valence-electron chi connectivity index (χ0n) is 12.5. The fourth-order valence-electron chi connectivity index (χ4n) is 1.81. The van der Waals surface area contributed by atoms with Crippen LogP contribution in [0.25, 0.3) is 0 Å². The van der Waals surface area contributed by atoms with Gasteiger partial charge in [0.05, 0.1) is 0 Å². The van der Waals surface area contributed by atoms with Crippen LogP contribution in [-0.4, -0.2) is 46.2 Å². The standard InChI is InChI=1S/C11H22F2O6SSi/c1-5-9(21(3,4)18-2)6-7-10(14)19-8-11(12,13)20(15,16)17/h9H,5-8H2,1-4H3,(H,15,16,17)/p-1. The van der Waals surface area contributed by atoms with E-state index in [1.54, 1.807) is 7.11 Å². The van der Waals surface area contributed by atoms with E-state index in [1.165, 1.54) is 0 Å². The van der Waals surface area contributed by atoms with Gasteiger partial charge in [-0.1, -0.05) is 13.3 Å². The highest BCUT2D eigenvalue weighted by Crippen LogP contribution is 2.30. The average Bonchev–Trinajstić information content (AvgIpc) is 2.35. The summed E-state index contributed by atoms with van der Waals surface area (Å²) in [5.41, 5.74) is 0.138. The molecule has 0 aromatic carbocycles. The number of carbonyl (C=O) groups excluding carboxylic acids is 1. The minimum atomic E-state index is -5.83. The summed E-state index contributed by atoms with van der Waals surface area (Å²) in [5, 5.41) is -4.60. The van der Waals surface area contributed by atoms with Crippen molar-refractivity contribution in [1.29, 1.82) is 0 Å². The van der Waals surface area contributed by atoms with Gasteiger partial charge in [-0.15, -0.1) is 0 Å². The number of halogens is 2. The third-order valence-electron chi connectivity index (χ3n) is 3.47. The zero-order valence-corrected chi connectivity index (χ0v) is 14.3. The monoisotopic (exact) mass is 347 g/mol. The summed E-state index contributed by atoms with van der Waals surface area (Å²) in [4.78, 5) is 11.4. The van der Waals surface area contributed by atoms with Crippen LogP contribution >= 0.6 is 0 Å². The first-order valence-corrected chi connectivity index (χ1v) is 10.8. The van der Waals surface area contributed by atoms with Crippen molar-refractivity contribution in [2.24, 2.45) is 0 Å². The van der Waals surface area contributed by atoms with Crippen molar-refractivity contribution in [3.63, 3.8) is 0 Å². The molecule has 0 bridgehead atoms. The Kier molecular flexibility index (Phi) is 7.40. The van der Waals surface area contributed by atoms with Crippen molar-refractivity contribution in [3.05, 3.63) is 0 Å². The van der Waals surface area contributed by atoms with Gasteiger partial charge in [-0.05, 0) is 25.1 Å². The smallest absolute Gasteiger partial charge is 0.367 e. The average molecular weight is 347 g/mol. The van der Waals surface area contributed by atoms with Crippen LogP contribution in [-0.2, 0) is 24.1 Å². The molecule has 0 amide bonds. The number of alkyl halides is 2. The van der Waals surface area contributed by atoms with Crippen molar-refractivity contribution in [3.8, 4) is 0 Å². The third-order valence-corrected chi connectivity index (χ3v) is 8.03. The van der Waals surface area contributed by atoms with Crippen molar-refractivity contribution < 1.29 is 35.7 Å². The van der Waals surface area contributed by atoms with Crippen LogP contribution in [0, 0.1) is 0 Å². The maximum Gasteiger partial charge on any atom is 0.367 e. The number of hydrogen-bond donors (Lipinski definition) is 0. The van der Waals surface area contributed by atoms with Gasteiger partial charge in [-0.3, -0.25) is 4.79 Å². The molecule has 0 aliphatic carbocycles. The minimum Gasteiger partial charge on any atom is -0.743 e. The Hall–Kier alpha value is -0.583. The molecule has 21 heavy (non-hydrogen) atoms. The van der Waals surface area contributed by atoms with Gasteiger partial charge in [-0.2, -0.15) is 8.78 Å². The van der Waals surface area contributed by atoms with Crippen molar-refractivity contribution in [2.45, 2.75) is 50.1 Å². The molecule has 0 aliphatic rings.